The number of anilines is 1. The van der Waals surface area contributed by atoms with Gasteiger partial charge in [-0.3, -0.25) is 0 Å². The predicted molar refractivity (Wildman–Crippen MR) is 133 cm³/mol. The summed E-state index contributed by atoms with van der Waals surface area (Å²) in [6, 6.07) is 12.6. The van der Waals surface area contributed by atoms with Gasteiger partial charge in [0.05, 0.1) is 0 Å². The zero-order chi connectivity index (χ0) is 26.8. The van der Waals surface area contributed by atoms with Crippen LogP contribution in [-0.4, -0.2) is 24.9 Å². The molecule has 0 aliphatic carbocycles. The number of unbranched alkanes of at least 4 members (excludes halogenated alkanes) is 2. The Morgan fingerprint density at radius 3 is 2.00 bits per heavy atom. The molecule has 0 spiro atoms. The Labute approximate surface area is 210 Å². The molecule has 0 bridgehead atoms. The summed E-state index contributed by atoms with van der Waals surface area (Å²) in [4.78, 5) is 2.36. The third-order valence-corrected chi connectivity index (χ3v) is 5.90. The number of alkyl halides is 3. The molecular formula is C28H29F3N4O. The highest BCUT2D eigenvalue weighted by molar-refractivity contribution is 5.62. The maximum absolute atomic E-state index is 13.9. The highest BCUT2D eigenvalue weighted by Gasteiger charge is 2.60. The Morgan fingerprint density at radius 2 is 1.53 bits per heavy atom. The van der Waals surface area contributed by atoms with E-state index in [2.05, 4.69) is 18.7 Å². The van der Waals surface area contributed by atoms with Crippen molar-refractivity contribution in [3.8, 4) is 18.2 Å². The van der Waals surface area contributed by atoms with E-state index >= 15 is 0 Å². The van der Waals surface area contributed by atoms with Gasteiger partial charge in [-0.05, 0) is 37.5 Å². The van der Waals surface area contributed by atoms with E-state index in [0.717, 1.165) is 63.0 Å². The molecule has 1 aromatic carbocycles. The van der Waals surface area contributed by atoms with Crippen LogP contribution in [0.5, 0.6) is 0 Å². The van der Waals surface area contributed by atoms with Crippen molar-refractivity contribution in [1.82, 2.24) is 0 Å². The van der Waals surface area contributed by atoms with Crippen molar-refractivity contribution >= 4 is 11.8 Å². The van der Waals surface area contributed by atoms with Crippen LogP contribution in [0.15, 0.2) is 65.0 Å². The molecule has 0 N–H and O–H groups in total. The topological polar surface area (TPSA) is 83.8 Å². The Kier molecular flexibility index (Phi) is 9.94. The molecule has 0 radical (unpaired) electrons. The van der Waals surface area contributed by atoms with Crippen molar-refractivity contribution in [2.24, 2.45) is 0 Å². The van der Waals surface area contributed by atoms with Gasteiger partial charge in [0.15, 0.2) is 11.3 Å². The van der Waals surface area contributed by atoms with Crippen LogP contribution in [0.2, 0.25) is 0 Å². The molecule has 1 aliphatic rings. The molecule has 8 heteroatoms. The van der Waals surface area contributed by atoms with Gasteiger partial charge in [0.1, 0.15) is 23.8 Å². The van der Waals surface area contributed by atoms with Crippen molar-refractivity contribution in [2.75, 3.05) is 18.0 Å². The first kappa shape index (κ1) is 28.3. The second kappa shape index (κ2) is 12.7. The molecule has 36 heavy (non-hydrogen) atoms. The fourth-order valence-corrected chi connectivity index (χ4v) is 3.72. The Balaban J connectivity index is 2.31. The summed E-state index contributed by atoms with van der Waals surface area (Å²) in [7, 11) is 0. The van der Waals surface area contributed by atoms with E-state index in [4.69, 9.17) is 15.3 Å². The van der Waals surface area contributed by atoms with Crippen LogP contribution in [0.25, 0.3) is 6.08 Å². The molecule has 0 saturated heterocycles. The Morgan fingerprint density at radius 1 is 0.972 bits per heavy atom. The van der Waals surface area contributed by atoms with Crippen LogP contribution in [0.1, 0.15) is 52.0 Å². The van der Waals surface area contributed by atoms with E-state index in [9.17, 15) is 18.4 Å². The maximum Gasteiger partial charge on any atom is 0.432 e. The van der Waals surface area contributed by atoms with E-state index in [1.54, 1.807) is 18.2 Å². The van der Waals surface area contributed by atoms with Gasteiger partial charge >= 0.3 is 6.18 Å². The third kappa shape index (κ3) is 6.37. The average molecular weight is 495 g/mol. The van der Waals surface area contributed by atoms with Crippen LogP contribution in [0, 0.1) is 34.0 Å². The molecular weight excluding hydrogens is 465 g/mol. The summed E-state index contributed by atoms with van der Waals surface area (Å²) >= 11 is 0. The zero-order valence-corrected chi connectivity index (χ0v) is 20.7. The van der Waals surface area contributed by atoms with E-state index in [-0.39, 0.29) is 0 Å². The Bertz CT molecular complexity index is 1150. The minimum Gasteiger partial charge on any atom is -0.470 e. The normalized spacial score (nSPS) is 17.7. The summed E-state index contributed by atoms with van der Waals surface area (Å²) in [6.45, 7) is 7.07. The number of nitrogens with zero attached hydrogens (tertiary/aromatic N) is 4. The van der Waals surface area contributed by atoms with Crippen LogP contribution < -0.4 is 4.90 Å². The first-order valence-corrected chi connectivity index (χ1v) is 11.8. The first-order valence-electron chi connectivity index (χ1n) is 11.8. The molecule has 1 aromatic rings. The average Bonchev–Trinajstić information content (AvgIpc) is 3.15. The van der Waals surface area contributed by atoms with Crippen LogP contribution in [0.4, 0.5) is 18.9 Å². The minimum absolute atomic E-state index is 0.460. The number of hydrogen-bond acceptors (Lipinski definition) is 5. The largest absolute Gasteiger partial charge is 0.470 e. The lowest BCUT2D eigenvalue weighted by atomic mass is 9.92. The minimum atomic E-state index is -4.88. The van der Waals surface area contributed by atoms with Crippen molar-refractivity contribution in [3.05, 3.63) is 70.5 Å². The fraction of sp³-hybridized carbons (Fsp3) is 0.393. The highest BCUT2D eigenvalue weighted by Crippen LogP contribution is 2.49. The lowest BCUT2D eigenvalue weighted by Gasteiger charge is -2.28. The maximum atomic E-state index is 13.9. The van der Waals surface area contributed by atoms with Crippen molar-refractivity contribution in [3.63, 3.8) is 0 Å². The molecule has 0 amide bonds. The van der Waals surface area contributed by atoms with Gasteiger partial charge in [-0.2, -0.15) is 29.0 Å². The number of ether oxygens (including phenoxy) is 1. The van der Waals surface area contributed by atoms with Gasteiger partial charge < -0.3 is 9.64 Å². The SMILES string of the molecule is CCCCN(CCCC)c1ccc(/C=C/C=C/C2=C(C#N)C(=C(C#N)C#N)OC2(C)C(F)(F)F)cc1. The highest BCUT2D eigenvalue weighted by atomic mass is 19.4. The van der Waals surface area contributed by atoms with E-state index in [1.165, 1.54) is 18.2 Å². The summed E-state index contributed by atoms with van der Waals surface area (Å²) in [5.41, 5.74) is -2.50. The molecule has 2 rings (SSSR count). The Hall–Kier alpha value is -3.96. The number of allylic oxidation sites excluding steroid dienone is 4. The van der Waals surface area contributed by atoms with E-state index in [0.29, 0.717) is 0 Å². The second-order valence-corrected chi connectivity index (χ2v) is 8.47. The van der Waals surface area contributed by atoms with E-state index < -0.39 is 34.3 Å². The number of hydrogen-bond donors (Lipinski definition) is 0. The van der Waals surface area contributed by atoms with Crippen LogP contribution >= 0.6 is 0 Å². The summed E-state index contributed by atoms with van der Waals surface area (Å²) in [6.07, 6.45) is 5.38. The molecule has 1 heterocycles. The lowest BCUT2D eigenvalue weighted by molar-refractivity contribution is -0.236. The quantitative estimate of drug-likeness (QED) is 0.255. The standard InChI is InChI=1S/C28H29F3N4O/c1-4-6-16-35(17-7-5-2)23-14-12-21(13-15-23)10-8-9-11-25-24(20-34)26(22(18-32)19-33)36-27(25,3)28(29,30)31/h8-15H,4-7,16-17H2,1-3H3/b10-8+,11-9+. The molecule has 1 aliphatic heterocycles. The van der Waals surface area contributed by atoms with E-state index in [1.807, 2.05) is 24.3 Å². The molecule has 0 fully saturated rings. The van der Waals surface area contributed by atoms with Gasteiger partial charge in [-0.15, -0.1) is 0 Å². The number of rotatable bonds is 10. The molecule has 5 nitrogen and oxygen atoms in total. The number of benzene rings is 1. The van der Waals surface area contributed by atoms with Gasteiger partial charge in [-0.25, -0.2) is 0 Å². The lowest BCUT2D eigenvalue weighted by Crippen LogP contribution is -2.43. The van der Waals surface area contributed by atoms with Crippen LogP contribution in [0.3, 0.4) is 0 Å². The fourth-order valence-electron chi connectivity index (χ4n) is 3.72. The van der Waals surface area contributed by atoms with Crippen molar-refractivity contribution < 1.29 is 17.9 Å². The smallest absolute Gasteiger partial charge is 0.432 e. The molecule has 1 atom stereocenters. The predicted octanol–water partition coefficient (Wildman–Crippen LogP) is 7.14. The monoisotopic (exact) mass is 494 g/mol. The van der Waals surface area contributed by atoms with Crippen LogP contribution in [-0.2, 0) is 4.74 Å². The van der Waals surface area contributed by atoms with Gasteiger partial charge in [-0.1, -0.05) is 63.1 Å². The van der Waals surface area contributed by atoms with Crippen molar-refractivity contribution in [2.45, 2.75) is 58.2 Å². The number of halogens is 3. The first-order chi connectivity index (χ1) is 17.2. The summed E-state index contributed by atoms with van der Waals surface area (Å²) in [5, 5.41) is 27.7. The van der Waals surface area contributed by atoms with Gasteiger partial charge in [0.25, 0.3) is 0 Å². The third-order valence-electron chi connectivity index (χ3n) is 5.90. The second-order valence-electron chi connectivity index (χ2n) is 8.47. The number of nitriles is 3. The van der Waals surface area contributed by atoms with Gasteiger partial charge in [0.2, 0.25) is 5.60 Å². The molecule has 0 saturated carbocycles. The summed E-state index contributed by atoms with van der Waals surface area (Å²) in [5.74, 6) is -0.655. The zero-order valence-electron chi connectivity index (χ0n) is 20.7. The molecule has 0 aromatic heterocycles. The van der Waals surface area contributed by atoms with Crippen molar-refractivity contribution in [1.29, 1.82) is 15.8 Å². The molecule has 188 valence electrons. The summed E-state index contributed by atoms with van der Waals surface area (Å²) < 4.78 is 46.6. The molecule has 1 unspecified atom stereocenters. The van der Waals surface area contributed by atoms with Gasteiger partial charge in [0, 0.05) is 24.4 Å².